The molecule has 4 heteroatoms. The zero-order valence-electron chi connectivity index (χ0n) is 15.9. The molecule has 0 radical (unpaired) electrons. The molecule has 0 rings (SSSR count). The molecule has 0 aromatic heterocycles. The third-order valence-corrected chi connectivity index (χ3v) is 4.45. The lowest BCUT2D eigenvalue weighted by Gasteiger charge is -2.17. The number of hydrogen-bond acceptors (Lipinski definition) is 4. The molecule has 0 spiro atoms. The second kappa shape index (κ2) is 18.2. The van der Waals surface area contributed by atoms with Gasteiger partial charge in [-0.25, -0.2) is 0 Å². The van der Waals surface area contributed by atoms with Crippen molar-refractivity contribution in [3.05, 3.63) is 0 Å². The van der Waals surface area contributed by atoms with Crippen LogP contribution in [0.2, 0.25) is 0 Å². The highest BCUT2D eigenvalue weighted by Crippen LogP contribution is 2.11. The maximum atomic E-state index is 9.94. The van der Waals surface area contributed by atoms with E-state index in [-0.39, 0.29) is 6.10 Å². The molecular formula is C19H43N3O. The molecule has 1 atom stereocenters. The first kappa shape index (κ1) is 22.8. The predicted molar refractivity (Wildman–Crippen MR) is 102 cm³/mol. The van der Waals surface area contributed by atoms with Gasteiger partial charge in [0.15, 0.2) is 0 Å². The molecule has 0 aromatic carbocycles. The fourth-order valence-corrected chi connectivity index (χ4v) is 2.84. The van der Waals surface area contributed by atoms with Gasteiger partial charge >= 0.3 is 0 Å². The molecule has 4 nitrogen and oxygen atoms in total. The minimum atomic E-state index is -0.191. The highest BCUT2D eigenvalue weighted by atomic mass is 16.3. The van der Waals surface area contributed by atoms with Gasteiger partial charge < -0.3 is 21.1 Å². The van der Waals surface area contributed by atoms with Gasteiger partial charge in [-0.15, -0.1) is 0 Å². The van der Waals surface area contributed by atoms with Gasteiger partial charge in [-0.2, -0.15) is 0 Å². The summed E-state index contributed by atoms with van der Waals surface area (Å²) in [5.74, 6) is 0. The topological polar surface area (TPSA) is 61.5 Å². The van der Waals surface area contributed by atoms with Crippen LogP contribution >= 0.6 is 0 Å². The van der Waals surface area contributed by atoms with E-state index < -0.39 is 0 Å². The van der Waals surface area contributed by atoms with Crippen LogP contribution in [-0.4, -0.2) is 55.9 Å². The van der Waals surface area contributed by atoms with E-state index in [1.807, 2.05) is 0 Å². The lowest BCUT2D eigenvalue weighted by Crippen LogP contribution is -2.35. The van der Waals surface area contributed by atoms with Crippen molar-refractivity contribution in [1.29, 1.82) is 0 Å². The van der Waals surface area contributed by atoms with E-state index in [0.717, 1.165) is 32.5 Å². The lowest BCUT2D eigenvalue weighted by molar-refractivity contribution is 0.156. The Labute approximate surface area is 145 Å². The highest BCUT2D eigenvalue weighted by molar-refractivity contribution is 4.62. The number of aliphatic hydroxyl groups is 1. The summed E-state index contributed by atoms with van der Waals surface area (Å²) in [4.78, 5) is 2.21. The van der Waals surface area contributed by atoms with Gasteiger partial charge in [0, 0.05) is 32.7 Å². The molecule has 0 amide bonds. The normalized spacial score (nSPS) is 12.9. The summed E-state index contributed by atoms with van der Waals surface area (Å²) in [5, 5.41) is 13.3. The van der Waals surface area contributed by atoms with Crippen LogP contribution in [0.5, 0.6) is 0 Å². The summed E-state index contributed by atoms with van der Waals surface area (Å²) < 4.78 is 0. The smallest absolute Gasteiger partial charge is 0.0664 e. The summed E-state index contributed by atoms with van der Waals surface area (Å²) >= 11 is 0. The zero-order chi connectivity index (χ0) is 17.2. The van der Waals surface area contributed by atoms with Crippen molar-refractivity contribution in [2.75, 3.05) is 39.8 Å². The fourth-order valence-electron chi connectivity index (χ4n) is 2.84. The Morgan fingerprint density at radius 1 is 0.913 bits per heavy atom. The second-order valence-corrected chi connectivity index (χ2v) is 6.92. The number of nitrogens with one attached hydrogen (secondary N) is 1. The monoisotopic (exact) mass is 329 g/mol. The van der Waals surface area contributed by atoms with Gasteiger partial charge in [-0.1, -0.05) is 71.1 Å². The molecule has 0 aliphatic rings. The van der Waals surface area contributed by atoms with Crippen LogP contribution in [0.25, 0.3) is 0 Å². The van der Waals surface area contributed by atoms with Gasteiger partial charge in [0.25, 0.3) is 0 Å². The molecule has 0 heterocycles. The van der Waals surface area contributed by atoms with Crippen LogP contribution in [-0.2, 0) is 0 Å². The minimum Gasteiger partial charge on any atom is -0.392 e. The largest absolute Gasteiger partial charge is 0.392 e. The number of likely N-dealkylation sites (N-methyl/N-ethyl adjacent to an activating group) is 1. The molecule has 1 unspecified atom stereocenters. The predicted octanol–water partition coefficient (Wildman–Crippen LogP) is 3.14. The van der Waals surface area contributed by atoms with Gasteiger partial charge in [-0.3, -0.25) is 0 Å². The van der Waals surface area contributed by atoms with Crippen molar-refractivity contribution in [2.45, 2.75) is 83.7 Å². The van der Waals surface area contributed by atoms with Crippen LogP contribution in [0.1, 0.15) is 77.6 Å². The number of aliphatic hydroxyl groups excluding tert-OH is 1. The molecule has 0 aliphatic carbocycles. The Morgan fingerprint density at radius 3 is 2.04 bits per heavy atom. The number of hydrogen-bond donors (Lipinski definition) is 3. The second-order valence-electron chi connectivity index (χ2n) is 6.92. The van der Waals surface area contributed by atoms with Gasteiger partial charge in [-0.05, 0) is 13.5 Å². The maximum absolute atomic E-state index is 9.94. The number of rotatable bonds is 18. The first-order valence-electron chi connectivity index (χ1n) is 9.98. The molecule has 23 heavy (non-hydrogen) atoms. The molecule has 0 bridgehead atoms. The van der Waals surface area contributed by atoms with E-state index in [0.29, 0.717) is 13.1 Å². The number of nitrogens with two attached hydrogens (primary N) is 1. The maximum Gasteiger partial charge on any atom is 0.0664 e. The third-order valence-electron chi connectivity index (χ3n) is 4.45. The fraction of sp³-hybridized carbons (Fsp3) is 1.00. The molecule has 0 saturated carbocycles. The van der Waals surface area contributed by atoms with Crippen LogP contribution in [0, 0.1) is 0 Å². The minimum absolute atomic E-state index is 0.191. The first-order chi connectivity index (χ1) is 11.2. The van der Waals surface area contributed by atoms with E-state index in [2.05, 4.69) is 24.2 Å². The van der Waals surface area contributed by atoms with Crippen molar-refractivity contribution >= 4 is 0 Å². The van der Waals surface area contributed by atoms with Gasteiger partial charge in [0.2, 0.25) is 0 Å². The molecular weight excluding hydrogens is 286 g/mol. The molecule has 0 aromatic rings. The molecule has 4 N–H and O–H groups in total. The SMILES string of the molecule is CCCCCCCCCCCCC(O)CNCCN(C)CCN. The first-order valence-corrected chi connectivity index (χ1v) is 9.98. The van der Waals surface area contributed by atoms with Crippen molar-refractivity contribution in [3.8, 4) is 0 Å². The van der Waals surface area contributed by atoms with Crippen molar-refractivity contribution in [1.82, 2.24) is 10.2 Å². The summed E-state index contributed by atoms with van der Waals surface area (Å²) in [5.41, 5.74) is 5.51. The van der Waals surface area contributed by atoms with Crippen LogP contribution in [0.4, 0.5) is 0 Å². The van der Waals surface area contributed by atoms with E-state index >= 15 is 0 Å². The van der Waals surface area contributed by atoms with Crippen LogP contribution in [0.3, 0.4) is 0 Å². The summed E-state index contributed by atoms with van der Waals surface area (Å²) in [6.45, 7) is 6.53. The lowest BCUT2D eigenvalue weighted by atomic mass is 10.0. The third kappa shape index (κ3) is 18.0. The highest BCUT2D eigenvalue weighted by Gasteiger charge is 2.03. The van der Waals surface area contributed by atoms with E-state index in [4.69, 9.17) is 5.73 Å². The van der Waals surface area contributed by atoms with Crippen LogP contribution < -0.4 is 11.1 Å². The van der Waals surface area contributed by atoms with Gasteiger partial charge in [0.05, 0.1) is 6.10 Å². The van der Waals surface area contributed by atoms with Crippen molar-refractivity contribution < 1.29 is 5.11 Å². The summed E-state index contributed by atoms with van der Waals surface area (Å²) in [6.07, 6.45) is 14.2. The summed E-state index contributed by atoms with van der Waals surface area (Å²) in [7, 11) is 2.08. The zero-order valence-corrected chi connectivity index (χ0v) is 15.9. The Bertz CT molecular complexity index is 227. The average molecular weight is 330 g/mol. The van der Waals surface area contributed by atoms with Crippen molar-refractivity contribution in [2.24, 2.45) is 5.73 Å². The van der Waals surface area contributed by atoms with E-state index in [1.54, 1.807) is 0 Å². The molecule has 0 saturated heterocycles. The molecule has 0 aliphatic heterocycles. The Kier molecular flexibility index (Phi) is 18.1. The van der Waals surface area contributed by atoms with Crippen LogP contribution in [0.15, 0.2) is 0 Å². The Morgan fingerprint density at radius 2 is 1.48 bits per heavy atom. The standard InChI is InChI=1S/C19H43N3O/c1-3-4-5-6-7-8-9-10-11-12-13-19(23)18-21-15-17-22(2)16-14-20/h19,21,23H,3-18,20H2,1-2H3. The quantitative estimate of drug-likeness (QED) is 0.338. The van der Waals surface area contributed by atoms with Gasteiger partial charge in [0.1, 0.15) is 0 Å². The van der Waals surface area contributed by atoms with E-state index in [9.17, 15) is 5.11 Å². The Hall–Kier alpha value is -0.160. The Balaban J connectivity index is 3.20. The average Bonchev–Trinajstić information content (AvgIpc) is 2.53. The van der Waals surface area contributed by atoms with E-state index in [1.165, 1.54) is 57.8 Å². The molecule has 0 fully saturated rings. The summed E-state index contributed by atoms with van der Waals surface area (Å²) in [6, 6.07) is 0. The van der Waals surface area contributed by atoms with Crippen molar-refractivity contribution in [3.63, 3.8) is 0 Å². The number of unbranched alkanes of at least 4 members (excludes halogenated alkanes) is 9. The number of nitrogens with zero attached hydrogens (tertiary/aromatic N) is 1. The molecule has 140 valence electrons.